The van der Waals surface area contributed by atoms with E-state index in [1.807, 2.05) is 0 Å². The number of nitrogens with zero attached hydrogens (tertiary/aromatic N) is 2. The zero-order chi connectivity index (χ0) is 12.1. The molecule has 2 aliphatic heterocycles. The Morgan fingerprint density at radius 1 is 1.62 bits per heavy atom. The normalized spacial score (nSPS) is 34.6. The molecule has 0 aliphatic carbocycles. The van der Waals surface area contributed by atoms with Crippen molar-refractivity contribution in [2.24, 2.45) is 4.99 Å². The maximum atomic E-state index is 12.4. The zero-order valence-electron chi connectivity index (χ0n) is 8.31. The Hall–Kier alpha value is -0.980. The minimum Gasteiger partial charge on any atom is -0.343 e. The highest BCUT2D eigenvalue weighted by molar-refractivity contribution is 6.26. The fraction of sp³-hybridized carbons (Fsp3) is 0.750. The van der Waals surface area contributed by atoms with Crippen LogP contribution in [0, 0.1) is 0 Å². The number of carbonyl (C=O) groups excluding carboxylic acids is 1. The average molecular weight is 256 g/mol. The highest BCUT2D eigenvalue weighted by Crippen LogP contribution is 2.31. The van der Waals surface area contributed by atoms with Gasteiger partial charge in [-0.05, 0) is 6.92 Å². The van der Waals surface area contributed by atoms with Gasteiger partial charge in [-0.3, -0.25) is 9.69 Å². The molecule has 0 radical (unpaired) electrons. The molecule has 2 atom stereocenters. The number of hydrogen-bond donors (Lipinski definition) is 1. The van der Waals surface area contributed by atoms with Crippen LogP contribution in [0.15, 0.2) is 4.99 Å². The van der Waals surface area contributed by atoms with Gasteiger partial charge < -0.3 is 5.32 Å². The summed E-state index contributed by atoms with van der Waals surface area (Å²) in [7, 11) is 0. The van der Waals surface area contributed by atoms with E-state index in [0.29, 0.717) is 0 Å². The molecule has 0 saturated carbocycles. The van der Waals surface area contributed by atoms with Gasteiger partial charge in [-0.1, -0.05) is 11.6 Å². The molecule has 2 heterocycles. The van der Waals surface area contributed by atoms with Crippen LogP contribution in [0.4, 0.5) is 13.2 Å². The maximum Gasteiger partial charge on any atom is 0.410 e. The molecule has 2 rings (SSSR count). The molecule has 0 aromatic carbocycles. The summed E-state index contributed by atoms with van der Waals surface area (Å²) in [6.07, 6.45) is -4.49. The number of aliphatic imine (C=N–C) groups is 1. The lowest BCUT2D eigenvalue weighted by molar-refractivity contribution is -0.151. The van der Waals surface area contributed by atoms with Gasteiger partial charge in [0.2, 0.25) is 11.9 Å². The topological polar surface area (TPSA) is 44.7 Å². The second-order valence-electron chi connectivity index (χ2n) is 4.00. The van der Waals surface area contributed by atoms with E-state index in [4.69, 9.17) is 11.6 Å². The molecule has 1 amide bonds. The molecule has 90 valence electrons. The lowest BCUT2D eigenvalue weighted by Gasteiger charge is -2.27. The molecule has 16 heavy (non-hydrogen) atoms. The number of rotatable bonds is 0. The van der Waals surface area contributed by atoms with Gasteiger partial charge in [0.05, 0.1) is 13.0 Å². The van der Waals surface area contributed by atoms with Crippen molar-refractivity contribution in [3.63, 3.8) is 0 Å². The Morgan fingerprint density at radius 2 is 2.25 bits per heavy atom. The third kappa shape index (κ3) is 1.95. The van der Waals surface area contributed by atoms with E-state index in [0.717, 1.165) is 4.90 Å². The van der Waals surface area contributed by atoms with E-state index in [2.05, 4.69) is 10.3 Å². The van der Waals surface area contributed by atoms with Crippen LogP contribution in [-0.4, -0.2) is 40.5 Å². The number of hydrogen-bond acceptors (Lipinski definition) is 3. The lowest BCUT2D eigenvalue weighted by Crippen LogP contribution is -2.44. The fourth-order valence-electron chi connectivity index (χ4n) is 1.68. The van der Waals surface area contributed by atoms with Crippen molar-refractivity contribution >= 4 is 23.5 Å². The van der Waals surface area contributed by atoms with Crippen LogP contribution in [0.25, 0.3) is 0 Å². The Kier molecular flexibility index (Phi) is 2.34. The SMILES string of the molecule is CC1(Cl)CC(=O)N2C[C@@H](C(F)(F)F)NC2=N1. The van der Waals surface area contributed by atoms with Crippen molar-refractivity contribution in [1.29, 1.82) is 0 Å². The molecule has 8 heteroatoms. The fourth-order valence-corrected chi connectivity index (χ4v) is 1.87. The van der Waals surface area contributed by atoms with Crippen molar-refractivity contribution in [2.75, 3.05) is 6.54 Å². The van der Waals surface area contributed by atoms with Gasteiger partial charge in [0.1, 0.15) is 11.0 Å². The number of amides is 1. The molecule has 0 aromatic rings. The lowest BCUT2D eigenvalue weighted by atomic mass is 10.2. The molecule has 1 saturated heterocycles. The van der Waals surface area contributed by atoms with Gasteiger partial charge in [-0.2, -0.15) is 13.2 Å². The highest BCUT2D eigenvalue weighted by Gasteiger charge is 2.50. The minimum atomic E-state index is -4.40. The van der Waals surface area contributed by atoms with Gasteiger partial charge in [-0.25, -0.2) is 4.99 Å². The van der Waals surface area contributed by atoms with Gasteiger partial charge in [0.15, 0.2) is 0 Å². The van der Waals surface area contributed by atoms with Gasteiger partial charge in [0.25, 0.3) is 0 Å². The molecule has 4 nitrogen and oxygen atoms in total. The van der Waals surface area contributed by atoms with E-state index in [1.165, 1.54) is 6.92 Å². The Balaban J connectivity index is 2.26. The molecule has 0 aromatic heterocycles. The molecular formula is C8H9ClF3N3O. The highest BCUT2D eigenvalue weighted by atomic mass is 35.5. The van der Waals surface area contributed by atoms with E-state index < -0.39 is 29.7 Å². The predicted molar refractivity (Wildman–Crippen MR) is 51.0 cm³/mol. The van der Waals surface area contributed by atoms with Crippen molar-refractivity contribution in [3.8, 4) is 0 Å². The molecule has 1 unspecified atom stereocenters. The van der Waals surface area contributed by atoms with E-state index in [9.17, 15) is 18.0 Å². The third-order valence-electron chi connectivity index (χ3n) is 2.43. The summed E-state index contributed by atoms with van der Waals surface area (Å²) in [5.74, 6) is -0.530. The summed E-state index contributed by atoms with van der Waals surface area (Å²) in [6.45, 7) is 1.05. The van der Waals surface area contributed by atoms with E-state index >= 15 is 0 Å². The van der Waals surface area contributed by atoms with Crippen molar-refractivity contribution in [3.05, 3.63) is 0 Å². The number of fused-ring (bicyclic) bond motifs is 1. The molecule has 0 spiro atoms. The van der Waals surface area contributed by atoms with E-state index in [-0.39, 0.29) is 12.4 Å². The molecule has 1 N–H and O–H groups in total. The zero-order valence-corrected chi connectivity index (χ0v) is 9.06. The van der Waals surface area contributed by atoms with Crippen LogP contribution in [-0.2, 0) is 4.79 Å². The molecule has 0 bridgehead atoms. The quantitative estimate of drug-likeness (QED) is 0.520. The van der Waals surface area contributed by atoms with Crippen LogP contribution in [0.3, 0.4) is 0 Å². The number of nitrogens with one attached hydrogen (secondary N) is 1. The average Bonchev–Trinajstić information content (AvgIpc) is 2.44. The first-order valence-corrected chi connectivity index (χ1v) is 4.99. The minimum absolute atomic E-state index is 0.0870. The third-order valence-corrected chi connectivity index (χ3v) is 2.65. The van der Waals surface area contributed by atoms with Crippen LogP contribution >= 0.6 is 11.6 Å². The Morgan fingerprint density at radius 3 is 2.81 bits per heavy atom. The number of alkyl halides is 4. The standard InChI is InChI=1S/C8H9ClF3N3O/c1-7(9)2-5(16)15-3-4(8(10,11)12)13-6(15)14-7/h4H,2-3H2,1H3,(H,13,14)/t4-,7?/m0/s1. The van der Waals surface area contributed by atoms with Gasteiger partial charge >= 0.3 is 6.18 Å². The van der Waals surface area contributed by atoms with Crippen LogP contribution in [0.1, 0.15) is 13.3 Å². The maximum absolute atomic E-state index is 12.4. The second kappa shape index (κ2) is 3.26. The van der Waals surface area contributed by atoms with Crippen LogP contribution < -0.4 is 5.32 Å². The summed E-state index contributed by atoms with van der Waals surface area (Å²) < 4.78 is 37.3. The predicted octanol–water partition coefficient (Wildman–Crippen LogP) is 1.06. The smallest absolute Gasteiger partial charge is 0.343 e. The van der Waals surface area contributed by atoms with Gasteiger partial charge in [-0.15, -0.1) is 0 Å². The van der Waals surface area contributed by atoms with Crippen molar-refractivity contribution in [2.45, 2.75) is 30.6 Å². The van der Waals surface area contributed by atoms with Crippen molar-refractivity contribution in [1.82, 2.24) is 10.2 Å². The second-order valence-corrected chi connectivity index (χ2v) is 4.81. The number of halogens is 4. The first-order valence-electron chi connectivity index (χ1n) is 4.61. The first-order chi connectivity index (χ1) is 7.19. The largest absolute Gasteiger partial charge is 0.410 e. The van der Waals surface area contributed by atoms with Gasteiger partial charge in [0, 0.05) is 0 Å². The Bertz CT molecular complexity index is 366. The number of carbonyl (C=O) groups is 1. The molecule has 1 fully saturated rings. The molecule has 2 aliphatic rings. The summed E-state index contributed by atoms with van der Waals surface area (Å²) in [5.41, 5.74) is 0. The summed E-state index contributed by atoms with van der Waals surface area (Å²) >= 11 is 5.84. The summed E-state index contributed by atoms with van der Waals surface area (Å²) in [4.78, 5) is 15.2. The van der Waals surface area contributed by atoms with Crippen LogP contribution in [0.5, 0.6) is 0 Å². The number of guanidine groups is 1. The van der Waals surface area contributed by atoms with Crippen LogP contribution in [0.2, 0.25) is 0 Å². The molecular weight excluding hydrogens is 247 g/mol. The van der Waals surface area contributed by atoms with Crippen molar-refractivity contribution < 1.29 is 18.0 Å². The monoisotopic (exact) mass is 255 g/mol. The summed E-state index contributed by atoms with van der Waals surface area (Å²) in [5, 5.41) is 2.16. The first kappa shape index (κ1) is 11.5. The summed E-state index contributed by atoms with van der Waals surface area (Å²) in [6, 6.07) is -1.76. The Labute approximate surface area is 94.4 Å². The van der Waals surface area contributed by atoms with E-state index in [1.54, 1.807) is 0 Å².